The largest absolute Gasteiger partial charge is 0.506 e. The molecule has 6 heteroatoms. The molecule has 0 radical (unpaired) electrons. The maximum Gasteiger partial charge on any atom is 0.167 e. The molecule has 0 spiro atoms. The van der Waals surface area contributed by atoms with E-state index in [1.165, 1.54) is 18.3 Å². The SMILES string of the molecule is Oc1ccc(CCN2C[C@H]3C[C@H](Oc4ccc(F)cc4F)C[C@H]3C2)nc1. The molecule has 2 aromatic rings. The quantitative estimate of drug-likeness (QED) is 0.888. The molecule has 0 bridgehead atoms. The Balaban J connectivity index is 1.26. The molecule has 3 atom stereocenters. The Morgan fingerprint density at radius 1 is 1.12 bits per heavy atom. The average molecular weight is 360 g/mol. The highest BCUT2D eigenvalue weighted by Crippen LogP contribution is 2.40. The van der Waals surface area contributed by atoms with Gasteiger partial charge in [-0.05, 0) is 48.9 Å². The third kappa shape index (κ3) is 3.80. The van der Waals surface area contributed by atoms with Crippen LogP contribution in [0.2, 0.25) is 0 Å². The molecule has 0 unspecified atom stereocenters. The van der Waals surface area contributed by atoms with E-state index in [9.17, 15) is 13.9 Å². The van der Waals surface area contributed by atoms with Crippen molar-refractivity contribution in [3.05, 3.63) is 53.9 Å². The fourth-order valence-electron chi connectivity index (χ4n) is 4.21. The van der Waals surface area contributed by atoms with Crippen molar-refractivity contribution in [2.45, 2.75) is 25.4 Å². The lowest BCUT2D eigenvalue weighted by atomic mass is 10.0. The van der Waals surface area contributed by atoms with Crippen molar-refractivity contribution in [2.75, 3.05) is 19.6 Å². The molecule has 26 heavy (non-hydrogen) atoms. The van der Waals surface area contributed by atoms with Crippen molar-refractivity contribution in [2.24, 2.45) is 11.8 Å². The van der Waals surface area contributed by atoms with Gasteiger partial charge in [0.15, 0.2) is 11.6 Å². The normalized spacial score (nSPS) is 25.4. The van der Waals surface area contributed by atoms with Crippen molar-refractivity contribution in [3.63, 3.8) is 0 Å². The van der Waals surface area contributed by atoms with Gasteiger partial charge in [0.05, 0.1) is 12.3 Å². The summed E-state index contributed by atoms with van der Waals surface area (Å²) in [6.07, 6.45) is 4.17. The van der Waals surface area contributed by atoms with Gasteiger partial charge >= 0.3 is 0 Å². The van der Waals surface area contributed by atoms with Crippen LogP contribution in [0.5, 0.6) is 11.5 Å². The molecule has 2 fully saturated rings. The maximum atomic E-state index is 13.7. The summed E-state index contributed by atoms with van der Waals surface area (Å²) in [4.78, 5) is 6.67. The van der Waals surface area contributed by atoms with Gasteiger partial charge in [0.25, 0.3) is 0 Å². The number of ether oxygens (including phenoxy) is 1. The summed E-state index contributed by atoms with van der Waals surface area (Å²) in [5.74, 6) is 0.245. The number of benzene rings is 1. The van der Waals surface area contributed by atoms with Crippen LogP contribution in [0, 0.1) is 23.5 Å². The molecular formula is C20H22F2N2O2. The second-order valence-electron chi connectivity index (χ2n) is 7.32. The van der Waals surface area contributed by atoms with E-state index in [0.29, 0.717) is 11.8 Å². The second kappa shape index (κ2) is 7.19. The molecule has 0 amide bonds. The van der Waals surface area contributed by atoms with Crippen LogP contribution in [-0.2, 0) is 6.42 Å². The van der Waals surface area contributed by atoms with Gasteiger partial charge in [-0.3, -0.25) is 4.98 Å². The molecule has 1 saturated carbocycles. The molecule has 1 aliphatic carbocycles. The molecule has 1 saturated heterocycles. The summed E-state index contributed by atoms with van der Waals surface area (Å²) in [5.41, 5.74) is 0.979. The van der Waals surface area contributed by atoms with E-state index in [0.717, 1.165) is 50.7 Å². The van der Waals surface area contributed by atoms with E-state index in [2.05, 4.69) is 9.88 Å². The van der Waals surface area contributed by atoms with Crippen LogP contribution in [0.3, 0.4) is 0 Å². The van der Waals surface area contributed by atoms with Crippen molar-refractivity contribution in [3.8, 4) is 11.5 Å². The van der Waals surface area contributed by atoms with Crippen LogP contribution in [-0.4, -0.2) is 40.7 Å². The molecule has 2 heterocycles. The standard InChI is InChI=1S/C20H22F2N2O2/c21-15-1-4-20(19(22)9-15)26-18-7-13-11-24(12-14(13)8-18)6-5-16-2-3-17(25)10-23-16/h1-4,9-10,13-14,18,25H,5-8,11-12H2/t13-,14+,18+. The number of hydrogen-bond acceptors (Lipinski definition) is 4. The first-order valence-corrected chi connectivity index (χ1v) is 9.05. The molecule has 138 valence electrons. The Morgan fingerprint density at radius 2 is 1.88 bits per heavy atom. The highest BCUT2D eigenvalue weighted by molar-refractivity contribution is 5.25. The van der Waals surface area contributed by atoms with E-state index < -0.39 is 11.6 Å². The second-order valence-corrected chi connectivity index (χ2v) is 7.32. The maximum absolute atomic E-state index is 13.7. The first kappa shape index (κ1) is 17.2. The van der Waals surface area contributed by atoms with E-state index in [1.54, 1.807) is 6.07 Å². The van der Waals surface area contributed by atoms with Gasteiger partial charge in [-0.2, -0.15) is 0 Å². The Bertz CT molecular complexity index is 755. The van der Waals surface area contributed by atoms with E-state index in [1.807, 2.05) is 6.07 Å². The minimum Gasteiger partial charge on any atom is -0.506 e. The van der Waals surface area contributed by atoms with Crippen molar-refractivity contribution in [1.82, 2.24) is 9.88 Å². The van der Waals surface area contributed by atoms with Gasteiger partial charge in [0, 0.05) is 37.8 Å². The Kier molecular flexibility index (Phi) is 4.76. The number of rotatable bonds is 5. The third-order valence-corrected chi connectivity index (χ3v) is 5.46. The predicted molar refractivity (Wildman–Crippen MR) is 93.0 cm³/mol. The van der Waals surface area contributed by atoms with E-state index >= 15 is 0 Å². The average Bonchev–Trinajstić information content (AvgIpc) is 3.15. The number of likely N-dealkylation sites (tertiary alicyclic amines) is 1. The van der Waals surface area contributed by atoms with Gasteiger partial charge in [-0.1, -0.05) is 0 Å². The number of halogens is 2. The number of aromatic nitrogens is 1. The number of aromatic hydroxyl groups is 1. The summed E-state index contributed by atoms with van der Waals surface area (Å²) in [5, 5.41) is 9.28. The monoisotopic (exact) mass is 360 g/mol. The van der Waals surface area contributed by atoms with E-state index in [4.69, 9.17) is 4.74 Å². The van der Waals surface area contributed by atoms with Gasteiger partial charge < -0.3 is 14.7 Å². The number of fused-ring (bicyclic) bond motifs is 1. The lowest BCUT2D eigenvalue weighted by Gasteiger charge is -2.20. The molecule has 1 aliphatic heterocycles. The van der Waals surface area contributed by atoms with Crippen molar-refractivity contribution >= 4 is 0 Å². The summed E-state index contributed by atoms with van der Waals surface area (Å²) in [7, 11) is 0. The first-order chi connectivity index (χ1) is 12.6. The molecule has 4 rings (SSSR count). The summed E-state index contributed by atoms with van der Waals surface area (Å²) >= 11 is 0. The fraction of sp³-hybridized carbons (Fsp3) is 0.450. The third-order valence-electron chi connectivity index (χ3n) is 5.46. The Hall–Kier alpha value is -2.21. The minimum absolute atomic E-state index is 0.00544. The summed E-state index contributed by atoms with van der Waals surface area (Å²) < 4.78 is 32.5. The highest BCUT2D eigenvalue weighted by atomic mass is 19.1. The molecule has 1 aromatic heterocycles. The molecule has 1 aromatic carbocycles. The van der Waals surface area contributed by atoms with Crippen molar-refractivity contribution in [1.29, 1.82) is 0 Å². The predicted octanol–water partition coefficient (Wildman–Crippen LogP) is 3.40. The Morgan fingerprint density at radius 3 is 2.54 bits per heavy atom. The fourth-order valence-corrected chi connectivity index (χ4v) is 4.21. The van der Waals surface area contributed by atoms with Gasteiger partial charge in [-0.25, -0.2) is 8.78 Å². The summed E-state index contributed by atoms with van der Waals surface area (Å²) in [6, 6.07) is 6.98. The molecule has 4 nitrogen and oxygen atoms in total. The van der Waals surface area contributed by atoms with Crippen LogP contribution in [0.4, 0.5) is 8.78 Å². The molecule has 1 N–H and O–H groups in total. The van der Waals surface area contributed by atoms with Gasteiger partial charge in [-0.15, -0.1) is 0 Å². The van der Waals surface area contributed by atoms with E-state index in [-0.39, 0.29) is 17.6 Å². The van der Waals surface area contributed by atoms with Crippen LogP contribution >= 0.6 is 0 Å². The van der Waals surface area contributed by atoms with Crippen molar-refractivity contribution < 1.29 is 18.6 Å². The number of pyridine rings is 1. The van der Waals surface area contributed by atoms with Crippen LogP contribution in [0.25, 0.3) is 0 Å². The summed E-state index contributed by atoms with van der Waals surface area (Å²) in [6.45, 7) is 2.99. The van der Waals surface area contributed by atoms with Gasteiger partial charge in [0.1, 0.15) is 11.6 Å². The lowest BCUT2D eigenvalue weighted by molar-refractivity contribution is 0.178. The van der Waals surface area contributed by atoms with Crippen LogP contribution < -0.4 is 4.74 Å². The molecular weight excluding hydrogens is 338 g/mol. The zero-order valence-electron chi connectivity index (χ0n) is 14.4. The topological polar surface area (TPSA) is 45.6 Å². The zero-order valence-corrected chi connectivity index (χ0v) is 14.4. The van der Waals surface area contributed by atoms with Crippen LogP contribution in [0.15, 0.2) is 36.5 Å². The number of hydrogen-bond donors (Lipinski definition) is 1. The zero-order chi connectivity index (χ0) is 18.1. The van der Waals surface area contributed by atoms with Crippen LogP contribution in [0.1, 0.15) is 18.5 Å². The Labute approximate surface area is 151 Å². The first-order valence-electron chi connectivity index (χ1n) is 9.05. The highest BCUT2D eigenvalue weighted by Gasteiger charge is 2.41. The molecule has 2 aliphatic rings. The van der Waals surface area contributed by atoms with Gasteiger partial charge in [0.2, 0.25) is 0 Å². The minimum atomic E-state index is -0.634. The number of nitrogens with zero attached hydrogens (tertiary/aromatic N) is 2. The lowest BCUT2D eigenvalue weighted by Crippen LogP contribution is -2.26. The smallest absolute Gasteiger partial charge is 0.167 e.